The van der Waals surface area contributed by atoms with Gasteiger partial charge in [-0.05, 0) is 18.6 Å². The van der Waals surface area contributed by atoms with Gasteiger partial charge in [-0.15, -0.1) is 0 Å². The van der Waals surface area contributed by atoms with E-state index in [2.05, 4.69) is 4.98 Å². The van der Waals surface area contributed by atoms with Crippen LogP contribution in [0.25, 0.3) is 10.9 Å². The fourth-order valence-electron chi connectivity index (χ4n) is 2.30. The highest BCUT2D eigenvalue weighted by Crippen LogP contribution is 2.03. The van der Waals surface area contributed by atoms with E-state index < -0.39 is 36.2 Å². The van der Waals surface area contributed by atoms with Crippen LogP contribution in [0.2, 0.25) is 0 Å². The lowest BCUT2D eigenvalue weighted by molar-refractivity contribution is -0.144. The molecule has 0 fully saturated rings. The van der Waals surface area contributed by atoms with Crippen molar-refractivity contribution in [1.82, 2.24) is 14.5 Å². The Balaban J connectivity index is 2.37. The number of fused-ring (bicyclic) bond motifs is 1. The lowest BCUT2D eigenvalue weighted by Gasteiger charge is -2.20. The minimum absolute atomic E-state index is 0.241. The SMILES string of the molecule is CCCN(CC(=O)O)C(=O)Cn1c(=O)[nH]c2ccccc2c1=O. The number of para-hydroxylation sites is 1. The van der Waals surface area contributed by atoms with Gasteiger partial charge in [0.05, 0.1) is 10.9 Å². The van der Waals surface area contributed by atoms with Crippen LogP contribution >= 0.6 is 0 Å². The third-order valence-electron chi connectivity index (χ3n) is 3.36. The van der Waals surface area contributed by atoms with E-state index in [0.29, 0.717) is 17.3 Å². The summed E-state index contributed by atoms with van der Waals surface area (Å²) in [7, 11) is 0. The van der Waals surface area contributed by atoms with Gasteiger partial charge < -0.3 is 15.0 Å². The zero-order valence-corrected chi connectivity index (χ0v) is 12.6. The van der Waals surface area contributed by atoms with Crippen LogP contribution < -0.4 is 11.2 Å². The third kappa shape index (κ3) is 3.65. The molecule has 0 atom stereocenters. The summed E-state index contributed by atoms with van der Waals surface area (Å²) in [6.07, 6.45) is 0.571. The smallest absolute Gasteiger partial charge is 0.329 e. The predicted octanol–water partition coefficient (Wildman–Crippen LogP) is 0.0130. The van der Waals surface area contributed by atoms with Gasteiger partial charge in [-0.25, -0.2) is 4.79 Å². The number of carboxylic acids is 1. The molecule has 0 aliphatic rings. The van der Waals surface area contributed by atoms with Crippen molar-refractivity contribution in [3.63, 3.8) is 0 Å². The molecule has 0 saturated carbocycles. The van der Waals surface area contributed by atoms with Crippen molar-refractivity contribution in [2.24, 2.45) is 0 Å². The molecule has 1 aromatic carbocycles. The first-order valence-corrected chi connectivity index (χ1v) is 7.15. The Labute approximate surface area is 131 Å². The van der Waals surface area contributed by atoms with Gasteiger partial charge in [0.2, 0.25) is 5.91 Å². The molecular formula is C15H17N3O5. The number of amides is 1. The molecule has 2 rings (SSSR count). The summed E-state index contributed by atoms with van der Waals surface area (Å²) in [5.41, 5.74) is -0.888. The number of nitrogens with zero attached hydrogens (tertiary/aromatic N) is 2. The average molecular weight is 319 g/mol. The molecule has 1 aromatic heterocycles. The second kappa shape index (κ2) is 6.91. The quantitative estimate of drug-likeness (QED) is 0.779. The van der Waals surface area contributed by atoms with E-state index in [1.54, 1.807) is 31.2 Å². The Kier molecular flexibility index (Phi) is 4.95. The van der Waals surface area contributed by atoms with Crippen LogP contribution in [-0.2, 0) is 16.1 Å². The molecule has 2 aromatic rings. The lowest BCUT2D eigenvalue weighted by Crippen LogP contribution is -2.44. The highest BCUT2D eigenvalue weighted by molar-refractivity contribution is 5.82. The number of H-pyrrole nitrogens is 1. The normalized spacial score (nSPS) is 10.7. The second-order valence-corrected chi connectivity index (χ2v) is 5.08. The van der Waals surface area contributed by atoms with Gasteiger partial charge >= 0.3 is 11.7 Å². The van der Waals surface area contributed by atoms with E-state index in [9.17, 15) is 19.2 Å². The van der Waals surface area contributed by atoms with Crippen LogP contribution in [0.15, 0.2) is 33.9 Å². The van der Waals surface area contributed by atoms with Crippen LogP contribution in [-0.4, -0.2) is 44.5 Å². The first-order chi connectivity index (χ1) is 10.9. The van der Waals surface area contributed by atoms with E-state index >= 15 is 0 Å². The van der Waals surface area contributed by atoms with Gasteiger partial charge in [-0.1, -0.05) is 19.1 Å². The summed E-state index contributed by atoms with van der Waals surface area (Å²) in [5, 5.41) is 9.14. The van der Waals surface area contributed by atoms with Gasteiger partial charge in [0.15, 0.2) is 0 Å². The van der Waals surface area contributed by atoms with E-state index in [4.69, 9.17) is 5.11 Å². The van der Waals surface area contributed by atoms with Gasteiger partial charge in [-0.3, -0.25) is 19.0 Å². The molecule has 0 spiro atoms. The molecule has 122 valence electrons. The molecule has 0 aliphatic carbocycles. The Bertz CT molecular complexity index is 852. The van der Waals surface area contributed by atoms with Crippen LogP contribution in [0.3, 0.4) is 0 Å². The molecule has 1 amide bonds. The van der Waals surface area contributed by atoms with E-state index in [1.807, 2.05) is 0 Å². The van der Waals surface area contributed by atoms with Crippen molar-refractivity contribution in [2.75, 3.05) is 13.1 Å². The van der Waals surface area contributed by atoms with Crippen molar-refractivity contribution in [3.8, 4) is 0 Å². The first-order valence-electron chi connectivity index (χ1n) is 7.15. The summed E-state index contributed by atoms with van der Waals surface area (Å²) in [4.78, 5) is 51.1. The fraction of sp³-hybridized carbons (Fsp3) is 0.333. The zero-order valence-electron chi connectivity index (χ0n) is 12.6. The number of hydrogen-bond donors (Lipinski definition) is 2. The van der Waals surface area contributed by atoms with Crippen molar-refractivity contribution in [1.29, 1.82) is 0 Å². The largest absolute Gasteiger partial charge is 0.480 e. The number of aliphatic carboxylic acids is 1. The summed E-state index contributed by atoms with van der Waals surface area (Å²) in [6.45, 7) is 1.09. The van der Waals surface area contributed by atoms with Crippen molar-refractivity contribution in [3.05, 3.63) is 45.1 Å². The van der Waals surface area contributed by atoms with Gasteiger partial charge in [-0.2, -0.15) is 0 Å². The maximum absolute atomic E-state index is 12.3. The number of nitrogens with one attached hydrogen (secondary N) is 1. The second-order valence-electron chi connectivity index (χ2n) is 5.08. The number of carbonyl (C=O) groups excluding carboxylic acids is 1. The number of benzene rings is 1. The third-order valence-corrected chi connectivity index (χ3v) is 3.36. The van der Waals surface area contributed by atoms with Crippen molar-refractivity contribution in [2.45, 2.75) is 19.9 Å². The molecule has 8 nitrogen and oxygen atoms in total. The summed E-state index contributed by atoms with van der Waals surface area (Å²) in [6, 6.07) is 6.48. The van der Waals surface area contributed by atoms with Crippen LogP contribution in [0.1, 0.15) is 13.3 Å². The number of rotatable bonds is 6. The standard InChI is InChI=1S/C15H17N3O5/c1-2-7-17(9-13(20)21)12(19)8-18-14(22)10-5-3-4-6-11(10)16-15(18)23/h3-6H,2,7-9H2,1H3,(H,16,23)(H,20,21). The van der Waals surface area contributed by atoms with Gasteiger partial charge in [0.25, 0.3) is 5.56 Å². The molecule has 8 heteroatoms. The molecule has 1 heterocycles. The Morgan fingerprint density at radius 2 is 1.96 bits per heavy atom. The minimum Gasteiger partial charge on any atom is -0.480 e. The van der Waals surface area contributed by atoms with Crippen LogP contribution in [0.5, 0.6) is 0 Å². The maximum Gasteiger partial charge on any atom is 0.329 e. The Morgan fingerprint density at radius 3 is 2.61 bits per heavy atom. The first kappa shape index (κ1) is 16.5. The molecule has 0 aliphatic heterocycles. The van der Waals surface area contributed by atoms with E-state index in [1.165, 1.54) is 0 Å². The lowest BCUT2D eigenvalue weighted by atomic mass is 10.2. The number of carboxylic acid groups (broad SMARTS) is 1. The number of aromatic nitrogens is 2. The molecule has 2 N–H and O–H groups in total. The summed E-state index contributed by atoms with van der Waals surface area (Å²) in [5.74, 6) is -1.73. The van der Waals surface area contributed by atoms with Crippen molar-refractivity contribution < 1.29 is 14.7 Å². The topological polar surface area (TPSA) is 112 Å². The Hall–Kier alpha value is -2.90. The number of aromatic amines is 1. The molecule has 23 heavy (non-hydrogen) atoms. The monoisotopic (exact) mass is 319 g/mol. The van der Waals surface area contributed by atoms with Gasteiger partial charge in [0, 0.05) is 6.54 Å². The zero-order chi connectivity index (χ0) is 17.0. The highest BCUT2D eigenvalue weighted by Gasteiger charge is 2.18. The molecule has 0 saturated heterocycles. The maximum atomic E-state index is 12.3. The predicted molar refractivity (Wildman–Crippen MR) is 83.3 cm³/mol. The average Bonchev–Trinajstić information content (AvgIpc) is 2.50. The van der Waals surface area contributed by atoms with E-state index in [-0.39, 0.29) is 6.54 Å². The van der Waals surface area contributed by atoms with Gasteiger partial charge in [0.1, 0.15) is 13.1 Å². The summed E-state index contributed by atoms with van der Waals surface area (Å²) >= 11 is 0. The molecular weight excluding hydrogens is 302 g/mol. The molecule has 0 unspecified atom stereocenters. The number of hydrogen-bond acceptors (Lipinski definition) is 4. The Morgan fingerprint density at radius 1 is 1.26 bits per heavy atom. The minimum atomic E-state index is -1.15. The molecule has 0 radical (unpaired) electrons. The van der Waals surface area contributed by atoms with Crippen LogP contribution in [0.4, 0.5) is 0 Å². The molecule has 0 bridgehead atoms. The number of carbonyl (C=O) groups is 2. The van der Waals surface area contributed by atoms with Crippen molar-refractivity contribution >= 4 is 22.8 Å². The fourth-order valence-corrected chi connectivity index (χ4v) is 2.30. The van der Waals surface area contributed by atoms with E-state index in [0.717, 1.165) is 9.47 Å². The summed E-state index contributed by atoms with van der Waals surface area (Å²) < 4.78 is 0.787. The van der Waals surface area contributed by atoms with Crippen LogP contribution in [0, 0.1) is 0 Å². The highest BCUT2D eigenvalue weighted by atomic mass is 16.4.